The summed E-state index contributed by atoms with van der Waals surface area (Å²) in [5.74, 6) is 1.44. The average molecular weight is 771 g/mol. The highest BCUT2D eigenvalue weighted by Crippen LogP contribution is 2.43. The molecule has 2 aromatic heterocycles. The number of rotatable bonds is 6. The fraction of sp³-hybridized carbons (Fsp3) is 0.0545. The molecular weight excluding hydrogens is 733 g/mol. The Balaban J connectivity index is 0.965. The molecule has 60 heavy (non-hydrogen) atoms. The number of fused-ring (bicyclic) bond motifs is 8. The molecule has 1 N–H and O–H groups in total. The highest BCUT2D eigenvalue weighted by Gasteiger charge is 2.24. The van der Waals surface area contributed by atoms with Gasteiger partial charge in [-0.25, -0.2) is 9.98 Å². The number of nitrogens with one attached hydrogen (secondary N) is 1. The van der Waals surface area contributed by atoms with Crippen LogP contribution < -0.4 is 5.32 Å². The largest absolute Gasteiger partial charge is 0.456 e. The van der Waals surface area contributed by atoms with Crippen molar-refractivity contribution in [2.45, 2.75) is 19.0 Å². The Morgan fingerprint density at radius 3 is 2.00 bits per heavy atom. The van der Waals surface area contributed by atoms with Gasteiger partial charge >= 0.3 is 0 Å². The zero-order valence-electron chi connectivity index (χ0n) is 32.7. The molecule has 8 aromatic carbocycles. The number of furan rings is 1. The second-order valence-corrected chi connectivity index (χ2v) is 15.7. The molecule has 0 saturated carbocycles. The standard InChI is InChI=1S/C55H38N4O/c1-4-14-35(15-5-1)36-24-26-39(27-25-36)54-56-53(38-18-8-3-9-19-38)57-55(58-54)40-28-30-43-44-31-29-41(33-51(44)60-50(43)32-40)59-48-23-13-12-22-46(48)52-45-21-11-10-20-42(45)47(34-49(52)59)37-16-6-2-7-17-37/h1-9,11-19,21-34,53H,10,20H2,(H,56,57,58). The quantitative estimate of drug-likeness (QED) is 0.183. The lowest BCUT2D eigenvalue weighted by atomic mass is 9.86. The van der Waals surface area contributed by atoms with E-state index in [-0.39, 0.29) is 6.17 Å². The van der Waals surface area contributed by atoms with E-state index in [1.807, 2.05) is 24.3 Å². The first kappa shape index (κ1) is 34.3. The van der Waals surface area contributed by atoms with Gasteiger partial charge in [0.1, 0.15) is 23.2 Å². The lowest BCUT2D eigenvalue weighted by Gasteiger charge is -2.23. The second kappa shape index (κ2) is 14.0. The topological polar surface area (TPSA) is 54.8 Å². The summed E-state index contributed by atoms with van der Waals surface area (Å²) in [5, 5.41) is 8.33. The third-order valence-electron chi connectivity index (χ3n) is 12.1. The number of aromatic nitrogens is 1. The second-order valence-electron chi connectivity index (χ2n) is 15.7. The molecule has 12 rings (SSSR count). The molecule has 1 aliphatic heterocycles. The third kappa shape index (κ3) is 5.70. The predicted molar refractivity (Wildman–Crippen MR) is 248 cm³/mol. The molecule has 0 saturated heterocycles. The van der Waals surface area contributed by atoms with Crippen molar-refractivity contribution in [1.29, 1.82) is 0 Å². The normalized spacial score (nSPS) is 15.0. The Labute approximate surface area is 347 Å². The molecule has 0 fully saturated rings. The monoisotopic (exact) mass is 770 g/mol. The van der Waals surface area contributed by atoms with Crippen LogP contribution in [0, 0.1) is 0 Å². The van der Waals surface area contributed by atoms with Crippen LogP contribution in [0.1, 0.15) is 40.4 Å². The summed E-state index contributed by atoms with van der Waals surface area (Å²) in [6.45, 7) is 0. The summed E-state index contributed by atoms with van der Waals surface area (Å²) < 4.78 is 9.18. The van der Waals surface area contributed by atoms with Crippen molar-refractivity contribution >= 4 is 61.5 Å². The van der Waals surface area contributed by atoms with E-state index in [0.29, 0.717) is 5.84 Å². The fourth-order valence-corrected chi connectivity index (χ4v) is 9.26. The number of nitrogens with zero attached hydrogens (tertiary/aromatic N) is 3. The van der Waals surface area contributed by atoms with Gasteiger partial charge in [-0.1, -0.05) is 152 Å². The summed E-state index contributed by atoms with van der Waals surface area (Å²) in [6.07, 6.45) is 6.45. The summed E-state index contributed by atoms with van der Waals surface area (Å²) in [4.78, 5) is 10.2. The Hall–Kier alpha value is -7.76. The molecule has 3 heterocycles. The summed E-state index contributed by atoms with van der Waals surface area (Å²) in [7, 11) is 0. The van der Waals surface area contributed by atoms with Gasteiger partial charge in [0.05, 0.1) is 11.0 Å². The number of para-hydroxylation sites is 1. The van der Waals surface area contributed by atoms with Crippen LogP contribution in [0.2, 0.25) is 0 Å². The number of amidine groups is 2. The molecule has 0 bridgehead atoms. The molecule has 1 aliphatic carbocycles. The number of allylic oxidation sites excluding steroid dienone is 1. The van der Waals surface area contributed by atoms with Gasteiger partial charge in [-0.15, -0.1) is 0 Å². The lowest BCUT2D eigenvalue weighted by Crippen LogP contribution is -2.33. The number of hydrogen-bond donors (Lipinski definition) is 1. The number of hydrogen-bond acceptors (Lipinski definition) is 4. The maximum Gasteiger partial charge on any atom is 0.159 e. The highest BCUT2D eigenvalue weighted by molar-refractivity contribution is 6.17. The summed E-state index contributed by atoms with van der Waals surface area (Å²) in [5.41, 5.74) is 15.7. The molecule has 5 nitrogen and oxygen atoms in total. The molecule has 5 heteroatoms. The fourth-order valence-electron chi connectivity index (χ4n) is 9.26. The molecule has 10 aromatic rings. The van der Waals surface area contributed by atoms with Crippen molar-refractivity contribution in [3.8, 4) is 27.9 Å². The Morgan fingerprint density at radius 1 is 0.550 bits per heavy atom. The van der Waals surface area contributed by atoms with Crippen LogP contribution >= 0.6 is 0 Å². The summed E-state index contributed by atoms with van der Waals surface area (Å²) in [6, 6.07) is 64.3. The van der Waals surface area contributed by atoms with Gasteiger partial charge in [0, 0.05) is 44.4 Å². The van der Waals surface area contributed by atoms with Crippen molar-refractivity contribution in [1.82, 2.24) is 9.88 Å². The predicted octanol–water partition coefficient (Wildman–Crippen LogP) is 13.5. The van der Waals surface area contributed by atoms with Crippen LogP contribution in [-0.2, 0) is 6.42 Å². The molecule has 1 atom stereocenters. The van der Waals surface area contributed by atoms with Crippen molar-refractivity contribution in [2.75, 3.05) is 0 Å². The first-order chi connectivity index (χ1) is 29.7. The average Bonchev–Trinajstić information content (AvgIpc) is 3.87. The third-order valence-corrected chi connectivity index (χ3v) is 12.1. The Morgan fingerprint density at radius 2 is 1.20 bits per heavy atom. The van der Waals surface area contributed by atoms with Gasteiger partial charge in [0.15, 0.2) is 5.84 Å². The first-order valence-corrected chi connectivity index (χ1v) is 20.7. The SMILES string of the molecule is C1=Cc2c(c(-c3ccccc3)cc3c2c2ccccc2n3-c2ccc3c(c2)oc2cc(C4=NC(c5ccc(-c6ccccc6)cc5)=NC(c5ccccc5)N4)ccc23)CC1. The maximum absolute atomic E-state index is 6.77. The van der Waals surface area contributed by atoms with Crippen molar-refractivity contribution in [3.63, 3.8) is 0 Å². The molecule has 1 unspecified atom stereocenters. The van der Waals surface area contributed by atoms with E-state index in [0.717, 1.165) is 68.6 Å². The van der Waals surface area contributed by atoms with Gasteiger partial charge in [0.2, 0.25) is 0 Å². The lowest BCUT2D eigenvalue weighted by molar-refractivity contribution is 0.666. The number of aliphatic imine (C=N–C) groups is 2. The van der Waals surface area contributed by atoms with Gasteiger partial charge in [-0.05, 0) is 88.2 Å². The number of benzene rings is 8. The van der Waals surface area contributed by atoms with Gasteiger partial charge < -0.3 is 14.3 Å². The van der Waals surface area contributed by atoms with Crippen molar-refractivity contribution in [3.05, 3.63) is 216 Å². The van der Waals surface area contributed by atoms with Crippen LogP contribution in [0.15, 0.2) is 202 Å². The molecule has 284 valence electrons. The summed E-state index contributed by atoms with van der Waals surface area (Å²) >= 11 is 0. The zero-order valence-corrected chi connectivity index (χ0v) is 32.7. The molecule has 0 radical (unpaired) electrons. The minimum Gasteiger partial charge on any atom is -0.456 e. The zero-order chi connectivity index (χ0) is 39.6. The van der Waals surface area contributed by atoms with E-state index in [1.54, 1.807) is 0 Å². The van der Waals surface area contributed by atoms with Gasteiger partial charge in [0.25, 0.3) is 0 Å². The van der Waals surface area contributed by atoms with Crippen LogP contribution in [-0.4, -0.2) is 16.2 Å². The van der Waals surface area contributed by atoms with Crippen molar-refractivity contribution < 1.29 is 4.42 Å². The maximum atomic E-state index is 6.77. The van der Waals surface area contributed by atoms with Gasteiger partial charge in [-0.3, -0.25) is 0 Å². The van der Waals surface area contributed by atoms with E-state index in [1.165, 1.54) is 49.6 Å². The van der Waals surface area contributed by atoms with Crippen LogP contribution in [0.5, 0.6) is 0 Å². The molecular formula is C55H38N4O. The Bertz CT molecular complexity index is 3370. The minimum absolute atomic E-state index is 0.300. The van der Waals surface area contributed by atoms with E-state index in [4.69, 9.17) is 14.4 Å². The van der Waals surface area contributed by atoms with Crippen molar-refractivity contribution in [2.24, 2.45) is 9.98 Å². The smallest absolute Gasteiger partial charge is 0.159 e. The van der Waals surface area contributed by atoms with E-state index >= 15 is 0 Å². The first-order valence-electron chi connectivity index (χ1n) is 20.7. The van der Waals surface area contributed by atoms with E-state index in [2.05, 4.69) is 180 Å². The van der Waals surface area contributed by atoms with Crippen LogP contribution in [0.3, 0.4) is 0 Å². The minimum atomic E-state index is -0.300. The molecule has 0 amide bonds. The Kier molecular flexibility index (Phi) is 7.98. The van der Waals surface area contributed by atoms with Crippen LogP contribution in [0.4, 0.5) is 0 Å². The molecule has 0 spiro atoms. The van der Waals surface area contributed by atoms with E-state index in [9.17, 15) is 0 Å². The van der Waals surface area contributed by atoms with Crippen LogP contribution in [0.25, 0.3) is 77.8 Å². The highest BCUT2D eigenvalue weighted by atomic mass is 16.3. The molecule has 2 aliphatic rings. The van der Waals surface area contributed by atoms with Gasteiger partial charge in [-0.2, -0.15) is 0 Å². The van der Waals surface area contributed by atoms with E-state index < -0.39 is 0 Å².